The van der Waals surface area contributed by atoms with E-state index in [1.807, 2.05) is 13.8 Å². The summed E-state index contributed by atoms with van der Waals surface area (Å²) in [4.78, 5) is 18.1. The highest BCUT2D eigenvalue weighted by atomic mass is 35.5. The number of halogens is 1. The summed E-state index contributed by atoms with van der Waals surface area (Å²) in [5.74, 6) is -0.333. The Bertz CT molecular complexity index is 736. The maximum atomic E-state index is 12.4. The highest BCUT2D eigenvalue weighted by Crippen LogP contribution is 2.38. The molecule has 2 N–H and O–H groups in total. The Morgan fingerprint density at radius 2 is 2.00 bits per heavy atom. The summed E-state index contributed by atoms with van der Waals surface area (Å²) in [5, 5.41) is 1.38. The molecule has 0 unspecified atom stereocenters. The number of esters is 1. The lowest BCUT2D eigenvalue weighted by molar-refractivity contribution is 0.0218. The quantitative estimate of drug-likeness (QED) is 0.810. The van der Waals surface area contributed by atoms with Gasteiger partial charge in [0.25, 0.3) is 0 Å². The summed E-state index contributed by atoms with van der Waals surface area (Å²) in [6.07, 6.45) is 5.37. The van der Waals surface area contributed by atoms with Gasteiger partial charge in [-0.15, -0.1) is 11.3 Å². The normalized spacial score (nSPS) is 16.1. The largest absolute Gasteiger partial charge is 0.458 e. The monoisotopic (exact) mass is 338 g/mol. The summed E-state index contributed by atoms with van der Waals surface area (Å²) >= 11 is 7.53. The first-order valence-electron chi connectivity index (χ1n) is 7.54. The lowest BCUT2D eigenvalue weighted by Crippen LogP contribution is -2.20. The molecule has 1 fully saturated rings. The van der Waals surface area contributed by atoms with E-state index in [2.05, 4.69) is 4.98 Å². The van der Waals surface area contributed by atoms with E-state index in [1.54, 1.807) is 0 Å². The van der Waals surface area contributed by atoms with Crippen molar-refractivity contribution in [1.82, 2.24) is 4.98 Å². The molecule has 0 atom stereocenters. The molecule has 1 aliphatic rings. The first-order valence-corrected chi connectivity index (χ1v) is 8.74. The number of carbonyl (C=O) groups excluding carboxylic acids is 1. The molecule has 0 saturated heterocycles. The number of aryl methyl sites for hydroxylation is 2. The molecule has 6 heteroatoms. The number of nitrogen functional groups attached to an aromatic ring is 1. The topological polar surface area (TPSA) is 65.2 Å². The van der Waals surface area contributed by atoms with Crippen LogP contribution >= 0.6 is 22.9 Å². The highest BCUT2D eigenvalue weighted by Gasteiger charge is 2.25. The number of ether oxygens (including phenoxy) is 1. The number of anilines is 1. The van der Waals surface area contributed by atoms with Gasteiger partial charge in [-0.1, -0.05) is 18.0 Å². The van der Waals surface area contributed by atoms with Gasteiger partial charge in [0.1, 0.15) is 15.8 Å². The van der Waals surface area contributed by atoms with Crippen LogP contribution in [0, 0.1) is 13.8 Å². The standard InChI is InChI=1S/C16H19ClN2O2S/c1-8-11-13(18)14(22-15(11)19-9(2)12(8)17)16(20)21-10-6-4-3-5-7-10/h10H,3-7,18H2,1-2H3. The lowest BCUT2D eigenvalue weighted by atomic mass is 9.98. The molecule has 4 nitrogen and oxygen atoms in total. The average molecular weight is 339 g/mol. The van der Waals surface area contributed by atoms with Crippen molar-refractivity contribution in [1.29, 1.82) is 0 Å². The van der Waals surface area contributed by atoms with Crippen LogP contribution in [-0.4, -0.2) is 17.1 Å². The molecular weight excluding hydrogens is 320 g/mol. The van der Waals surface area contributed by atoms with Crippen LogP contribution in [0.4, 0.5) is 5.69 Å². The van der Waals surface area contributed by atoms with Crippen LogP contribution in [0.2, 0.25) is 5.02 Å². The predicted molar refractivity (Wildman–Crippen MR) is 90.8 cm³/mol. The maximum absolute atomic E-state index is 12.4. The lowest BCUT2D eigenvalue weighted by Gasteiger charge is -2.21. The fourth-order valence-electron chi connectivity index (χ4n) is 2.99. The molecule has 0 radical (unpaired) electrons. The summed E-state index contributed by atoms with van der Waals surface area (Å²) in [7, 11) is 0. The number of aromatic nitrogens is 1. The number of thiophene rings is 1. The van der Waals surface area contributed by atoms with Crippen molar-refractivity contribution in [2.24, 2.45) is 0 Å². The van der Waals surface area contributed by atoms with Crippen LogP contribution in [0.3, 0.4) is 0 Å². The molecule has 0 aromatic carbocycles. The fourth-order valence-corrected chi connectivity index (χ4v) is 4.22. The zero-order chi connectivity index (χ0) is 15.9. The smallest absolute Gasteiger partial charge is 0.350 e. The van der Waals surface area contributed by atoms with Crippen molar-refractivity contribution in [3.05, 3.63) is 21.2 Å². The van der Waals surface area contributed by atoms with Gasteiger partial charge in [-0.05, 0) is 45.1 Å². The minimum absolute atomic E-state index is 0.0187. The third-order valence-corrected chi connectivity index (χ3v) is 5.87. The van der Waals surface area contributed by atoms with E-state index in [1.165, 1.54) is 17.8 Å². The Hall–Kier alpha value is -1.33. The van der Waals surface area contributed by atoms with E-state index in [-0.39, 0.29) is 12.1 Å². The number of hydrogen-bond acceptors (Lipinski definition) is 5. The van der Waals surface area contributed by atoms with Crippen LogP contribution in [0.25, 0.3) is 10.2 Å². The Morgan fingerprint density at radius 1 is 1.32 bits per heavy atom. The van der Waals surface area contributed by atoms with E-state index in [9.17, 15) is 4.79 Å². The zero-order valence-electron chi connectivity index (χ0n) is 12.7. The van der Waals surface area contributed by atoms with Gasteiger partial charge in [-0.25, -0.2) is 9.78 Å². The molecule has 2 aromatic rings. The second-order valence-electron chi connectivity index (χ2n) is 5.83. The van der Waals surface area contributed by atoms with Crippen LogP contribution in [-0.2, 0) is 4.74 Å². The van der Waals surface area contributed by atoms with E-state index in [0.29, 0.717) is 15.6 Å². The predicted octanol–water partition coefficient (Wildman–Crippen LogP) is 4.64. The Kier molecular flexibility index (Phi) is 4.28. The van der Waals surface area contributed by atoms with Crippen molar-refractivity contribution < 1.29 is 9.53 Å². The maximum Gasteiger partial charge on any atom is 0.350 e. The van der Waals surface area contributed by atoms with Crippen molar-refractivity contribution >= 4 is 44.8 Å². The first kappa shape index (κ1) is 15.6. The van der Waals surface area contributed by atoms with Crippen LogP contribution in [0.15, 0.2) is 0 Å². The number of fused-ring (bicyclic) bond motifs is 1. The molecule has 22 heavy (non-hydrogen) atoms. The van der Waals surface area contributed by atoms with Gasteiger partial charge < -0.3 is 10.5 Å². The van der Waals surface area contributed by atoms with Gasteiger partial charge >= 0.3 is 5.97 Å². The average Bonchev–Trinajstić information content (AvgIpc) is 2.83. The van der Waals surface area contributed by atoms with E-state index < -0.39 is 0 Å². The van der Waals surface area contributed by atoms with E-state index in [0.717, 1.165) is 47.2 Å². The molecule has 2 heterocycles. The second kappa shape index (κ2) is 6.05. The zero-order valence-corrected chi connectivity index (χ0v) is 14.3. The molecule has 0 aliphatic heterocycles. The minimum Gasteiger partial charge on any atom is -0.458 e. The molecular formula is C16H19ClN2O2S. The van der Waals surface area contributed by atoms with Crippen LogP contribution in [0.1, 0.15) is 53.0 Å². The van der Waals surface area contributed by atoms with Crippen LogP contribution in [0.5, 0.6) is 0 Å². The molecule has 1 saturated carbocycles. The molecule has 1 aliphatic carbocycles. The second-order valence-corrected chi connectivity index (χ2v) is 7.20. The van der Waals surface area contributed by atoms with E-state index >= 15 is 0 Å². The summed E-state index contributed by atoms with van der Waals surface area (Å²) in [6.45, 7) is 3.75. The van der Waals surface area contributed by atoms with Gasteiger partial charge in [0.05, 0.1) is 16.4 Å². The fraction of sp³-hybridized carbons (Fsp3) is 0.500. The van der Waals surface area contributed by atoms with Crippen molar-refractivity contribution in [3.63, 3.8) is 0 Å². The molecule has 0 bridgehead atoms. The van der Waals surface area contributed by atoms with Gasteiger partial charge in [-0.3, -0.25) is 0 Å². The molecule has 0 amide bonds. The third kappa shape index (κ3) is 2.68. The number of carbonyl (C=O) groups is 1. The summed E-state index contributed by atoms with van der Waals surface area (Å²) in [6, 6.07) is 0. The number of nitrogens with zero attached hydrogens (tertiary/aromatic N) is 1. The minimum atomic E-state index is -0.333. The van der Waals surface area contributed by atoms with Crippen molar-refractivity contribution in [3.8, 4) is 0 Å². The highest BCUT2D eigenvalue weighted by molar-refractivity contribution is 7.21. The number of pyridine rings is 1. The molecule has 118 valence electrons. The first-order chi connectivity index (χ1) is 10.5. The van der Waals surface area contributed by atoms with Crippen molar-refractivity contribution in [2.45, 2.75) is 52.1 Å². The van der Waals surface area contributed by atoms with Gasteiger partial charge in [0, 0.05) is 5.39 Å². The third-order valence-electron chi connectivity index (χ3n) is 4.23. The SMILES string of the molecule is Cc1nc2sc(C(=O)OC3CCCCC3)c(N)c2c(C)c1Cl. The summed E-state index contributed by atoms with van der Waals surface area (Å²) in [5.41, 5.74) is 8.23. The number of hydrogen-bond donors (Lipinski definition) is 1. The summed E-state index contributed by atoms with van der Waals surface area (Å²) < 4.78 is 5.62. The Morgan fingerprint density at radius 3 is 2.68 bits per heavy atom. The van der Waals surface area contributed by atoms with Crippen LogP contribution < -0.4 is 5.73 Å². The van der Waals surface area contributed by atoms with Gasteiger partial charge in [0.2, 0.25) is 0 Å². The Balaban J connectivity index is 1.95. The molecule has 0 spiro atoms. The molecule has 3 rings (SSSR count). The number of rotatable bonds is 2. The van der Waals surface area contributed by atoms with Gasteiger partial charge in [0.15, 0.2) is 0 Å². The van der Waals surface area contributed by atoms with Gasteiger partial charge in [-0.2, -0.15) is 0 Å². The Labute approximate surface area is 138 Å². The van der Waals surface area contributed by atoms with Crippen molar-refractivity contribution in [2.75, 3.05) is 5.73 Å². The van der Waals surface area contributed by atoms with E-state index in [4.69, 9.17) is 22.1 Å². The molecule has 2 aromatic heterocycles. The number of nitrogens with two attached hydrogens (primary N) is 1.